The van der Waals surface area contributed by atoms with Gasteiger partial charge < -0.3 is 14.6 Å². The third-order valence-electron chi connectivity index (χ3n) is 4.61. The summed E-state index contributed by atoms with van der Waals surface area (Å²) in [6.45, 7) is 2.47. The molecule has 8 heteroatoms. The van der Waals surface area contributed by atoms with Crippen LogP contribution in [0.5, 0.6) is 0 Å². The van der Waals surface area contributed by atoms with Gasteiger partial charge in [-0.25, -0.2) is 9.97 Å². The molecule has 0 aliphatic carbocycles. The highest BCUT2D eigenvalue weighted by molar-refractivity contribution is 7.07. The van der Waals surface area contributed by atoms with Gasteiger partial charge in [0.25, 0.3) is 5.91 Å². The van der Waals surface area contributed by atoms with Crippen LogP contribution >= 0.6 is 11.3 Å². The number of imidazole rings is 1. The van der Waals surface area contributed by atoms with Crippen LogP contribution in [0.1, 0.15) is 29.4 Å². The molecule has 1 amide bonds. The van der Waals surface area contributed by atoms with Gasteiger partial charge in [-0.05, 0) is 18.6 Å². The fourth-order valence-electron chi connectivity index (χ4n) is 3.27. The van der Waals surface area contributed by atoms with Crippen LogP contribution < -0.4 is 5.32 Å². The van der Waals surface area contributed by atoms with Crippen molar-refractivity contribution >= 4 is 28.6 Å². The van der Waals surface area contributed by atoms with E-state index in [4.69, 9.17) is 4.84 Å². The summed E-state index contributed by atoms with van der Waals surface area (Å²) >= 11 is 1.58. The molecule has 4 heterocycles. The Labute approximate surface area is 154 Å². The third-order valence-corrected chi connectivity index (χ3v) is 5.24. The molecule has 1 N–H and O–H groups in total. The van der Waals surface area contributed by atoms with Gasteiger partial charge in [-0.2, -0.15) is 0 Å². The van der Waals surface area contributed by atoms with Gasteiger partial charge in [0.05, 0.1) is 29.0 Å². The fraction of sp³-hybridized carbons (Fsp3) is 0.333. The number of carbonyl (C=O) groups excluding carboxylic acids is 1. The zero-order valence-corrected chi connectivity index (χ0v) is 15.1. The van der Waals surface area contributed by atoms with Crippen molar-refractivity contribution < 1.29 is 9.63 Å². The molecule has 1 aliphatic rings. The summed E-state index contributed by atoms with van der Waals surface area (Å²) in [7, 11) is 0. The van der Waals surface area contributed by atoms with E-state index >= 15 is 0 Å². The first kappa shape index (κ1) is 16.7. The predicted octanol–water partition coefficient (Wildman–Crippen LogP) is 2.54. The first-order valence-electron chi connectivity index (χ1n) is 8.55. The Balaban J connectivity index is 1.41. The summed E-state index contributed by atoms with van der Waals surface area (Å²) in [5, 5.41) is 9.20. The molecule has 3 aromatic heterocycles. The summed E-state index contributed by atoms with van der Waals surface area (Å²) in [6.07, 6.45) is 6.97. The zero-order valence-electron chi connectivity index (χ0n) is 14.3. The molecule has 4 rings (SSSR count). The van der Waals surface area contributed by atoms with Crippen molar-refractivity contribution in [3.63, 3.8) is 0 Å². The highest BCUT2D eigenvalue weighted by Crippen LogP contribution is 2.25. The second-order valence-electron chi connectivity index (χ2n) is 6.19. The monoisotopic (exact) mass is 369 g/mol. The van der Waals surface area contributed by atoms with E-state index in [-0.39, 0.29) is 17.9 Å². The minimum Gasteiger partial charge on any atom is -0.391 e. The Bertz CT molecular complexity index is 934. The average molecular weight is 369 g/mol. The Hall–Kier alpha value is -2.74. The lowest BCUT2D eigenvalue weighted by Gasteiger charge is -2.16. The summed E-state index contributed by atoms with van der Waals surface area (Å²) in [5.74, 6) is 0.0153. The average Bonchev–Trinajstić information content (AvgIpc) is 3.40. The zero-order chi connectivity index (χ0) is 17.9. The molecule has 0 bridgehead atoms. The fourth-order valence-corrected chi connectivity index (χ4v) is 3.84. The van der Waals surface area contributed by atoms with Crippen molar-refractivity contribution in [1.82, 2.24) is 19.7 Å². The van der Waals surface area contributed by atoms with Crippen LogP contribution in [0.4, 0.5) is 0 Å². The molecule has 0 fully saturated rings. The van der Waals surface area contributed by atoms with E-state index in [2.05, 4.69) is 27.4 Å². The maximum absolute atomic E-state index is 12.6. The van der Waals surface area contributed by atoms with Gasteiger partial charge in [0.2, 0.25) is 0 Å². The van der Waals surface area contributed by atoms with E-state index in [1.54, 1.807) is 23.6 Å². The van der Waals surface area contributed by atoms with Crippen LogP contribution in [-0.2, 0) is 11.3 Å². The Morgan fingerprint density at radius 1 is 1.38 bits per heavy atom. The highest BCUT2D eigenvalue weighted by atomic mass is 32.1. The van der Waals surface area contributed by atoms with Crippen molar-refractivity contribution in [2.75, 3.05) is 6.54 Å². The molecule has 0 saturated carbocycles. The number of hydrogen-bond acceptors (Lipinski definition) is 6. The highest BCUT2D eigenvalue weighted by Gasteiger charge is 2.33. The molecular weight excluding hydrogens is 350 g/mol. The van der Waals surface area contributed by atoms with Gasteiger partial charge in [0.15, 0.2) is 0 Å². The number of pyridine rings is 1. The number of nitrogens with zero attached hydrogens (tertiary/aromatic N) is 4. The molecule has 1 aliphatic heterocycles. The minimum atomic E-state index is -0.165. The van der Waals surface area contributed by atoms with Crippen molar-refractivity contribution in [3.05, 3.63) is 52.9 Å². The summed E-state index contributed by atoms with van der Waals surface area (Å²) in [5.41, 5.74) is 4.90. The maximum atomic E-state index is 12.6. The Morgan fingerprint density at radius 3 is 3.12 bits per heavy atom. The number of hydrogen-bond donors (Lipinski definition) is 1. The molecule has 0 aromatic carbocycles. The first-order chi connectivity index (χ1) is 12.8. The Morgan fingerprint density at radius 2 is 2.31 bits per heavy atom. The van der Waals surface area contributed by atoms with Gasteiger partial charge in [0.1, 0.15) is 11.8 Å². The van der Waals surface area contributed by atoms with Crippen LogP contribution in [0.2, 0.25) is 0 Å². The van der Waals surface area contributed by atoms with Crippen LogP contribution in [0.3, 0.4) is 0 Å². The van der Waals surface area contributed by atoms with Gasteiger partial charge in [0, 0.05) is 36.3 Å². The van der Waals surface area contributed by atoms with Crippen molar-refractivity contribution in [3.8, 4) is 0 Å². The molecule has 0 radical (unpaired) electrons. The van der Waals surface area contributed by atoms with E-state index < -0.39 is 0 Å². The van der Waals surface area contributed by atoms with Gasteiger partial charge in [-0.15, -0.1) is 11.3 Å². The number of carbonyl (C=O) groups is 1. The molecule has 2 atom stereocenters. The number of thiazole rings is 1. The van der Waals surface area contributed by atoms with E-state index in [0.29, 0.717) is 17.8 Å². The molecule has 26 heavy (non-hydrogen) atoms. The number of amides is 1. The molecule has 3 aromatic rings. The lowest BCUT2D eigenvalue weighted by molar-refractivity contribution is 0.0608. The largest absolute Gasteiger partial charge is 0.391 e. The number of fused-ring (bicyclic) bond motifs is 1. The van der Waals surface area contributed by atoms with Crippen molar-refractivity contribution in [1.29, 1.82) is 0 Å². The van der Waals surface area contributed by atoms with Gasteiger partial charge in [-0.3, -0.25) is 4.79 Å². The molecule has 0 spiro atoms. The second-order valence-corrected chi connectivity index (χ2v) is 6.91. The van der Waals surface area contributed by atoms with Crippen LogP contribution in [0, 0.1) is 5.92 Å². The minimum absolute atomic E-state index is 0.0234. The lowest BCUT2D eigenvalue weighted by Crippen LogP contribution is -2.35. The Kier molecular flexibility index (Phi) is 4.66. The van der Waals surface area contributed by atoms with Gasteiger partial charge in [-0.1, -0.05) is 12.1 Å². The standard InChI is InChI=1S/C18H19N5O2S/c1-2-13-15(22-25-16(13)8-12-10-26-11-21-12)9-20-18(24)14-4-3-6-23-7-5-19-17(14)23/h3-7,10-11,13,16H,2,8-9H2,1H3,(H,20,24). The van der Waals surface area contributed by atoms with Crippen molar-refractivity contribution in [2.45, 2.75) is 25.9 Å². The maximum Gasteiger partial charge on any atom is 0.255 e. The second kappa shape index (κ2) is 7.25. The first-order valence-corrected chi connectivity index (χ1v) is 9.50. The lowest BCUT2D eigenvalue weighted by atomic mass is 9.92. The van der Waals surface area contributed by atoms with E-state index in [1.807, 2.05) is 33.8 Å². The third kappa shape index (κ3) is 3.20. The molecule has 7 nitrogen and oxygen atoms in total. The topological polar surface area (TPSA) is 80.9 Å². The number of aromatic nitrogens is 3. The number of oxime groups is 1. The van der Waals surface area contributed by atoms with E-state index in [9.17, 15) is 4.79 Å². The van der Waals surface area contributed by atoms with Crippen LogP contribution in [0.25, 0.3) is 5.65 Å². The number of rotatable bonds is 6. The summed E-state index contributed by atoms with van der Waals surface area (Å²) in [4.78, 5) is 26.8. The molecule has 2 unspecified atom stereocenters. The van der Waals surface area contributed by atoms with Gasteiger partial charge >= 0.3 is 0 Å². The molecular formula is C18H19N5O2S. The SMILES string of the molecule is CCC1C(CNC(=O)c2cccn3ccnc23)=NOC1Cc1cscn1. The quantitative estimate of drug-likeness (QED) is 0.724. The normalized spacial score (nSPS) is 19.3. The van der Waals surface area contributed by atoms with Crippen LogP contribution in [-0.4, -0.2) is 38.6 Å². The summed E-state index contributed by atoms with van der Waals surface area (Å²) in [6, 6.07) is 3.60. The number of nitrogens with one attached hydrogen (secondary N) is 1. The van der Waals surface area contributed by atoms with E-state index in [1.165, 1.54) is 0 Å². The van der Waals surface area contributed by atoms with E-state index in [0.717, 1.165) is 24.2 Å². The van der Waals surface area contributed by atoms with Crippen LogP contribution in [0.15, 0.2) is 46.8 Å². The smallest absolute Gasteiger partial charge is 0.255 e. The molecule has 134 valence electrons. The van der Waals surface area contributed by atoms with Crippen molar-refractivity contribution in [2.24, 2.45) is 11.1 Å². The predicted molar refractivity (Wildman–Crippen MR) is 99.4 cm³/mol. The summed E-state index contributed by atoms with van der Waals surface area (Å²) < 4.78 is 1.82. The molecule has 0 saturated heterocycles.